The zero-order chi connectivity index (χ0) is 27.6. The van der Waals surface area contributed by atoms with Crippen molar-refractivity contribution in [2.45, 2.75) is 83.3 Å². The number of amides is 1. The van der Waals surface area contributed by atoms with E-state index in [4.69, 9.17) is 5.73 Å². The van der Waals surface area contributed by atoms with Crippen molar-refractivity contribution in [3.05, 3.63) is 35.2 Å². The molecule has 0 bridgehead atoms. The predicted molar refractivity (Wildman–Crippen MR) is 141 cm³/mol. The van der Waals surface area contributed by atoms with Crippen LogP contribution < -0.4 is 26.6 Å². The number of nitrogens with one attached hydrogen (secondary N) is 3. The first kappa shape index (κ1) is 27.9. The second-order valence-corrected chi connectivity index (χ2v) is 10.3. The summed E-state index contributed by atoms with van der Waals surface area (Å²) in [5.41, 5.74) is 5.40. The third-order valence-corrected chi connectivity index (χ3v) is 7.04. The molecule has 0 unspecified atom stereocenters. The Balaban J connectivity index is 1.67. The standard InChI is InChI=1S/C26H36F3N7O2/c1-4-20-24(32-16-5-8-18(37)9-6-16)35-25(22(34-20)23(30)38)33-17-7-10-21(19(11-17)26(27,28)29)36-12-14(2)31-15(3)13-36/h7,10-11,14-16,18,31,37H,4-6,8-9,12-13H2,1-3H3,(H2,30,38)(H2,32,33,35)/t14-,15+,16-,18-. The van der Waals surface area contributed by atoms with Gasteiger partial charge in [0.2, 0.25) is 0 Å². The number of aliphatic hydroxyl groups excluding tert-OH is 1. The highest BCUT2D eigenvalue weighted by molar-refractivity contribution is 5.96. The Bertz CT molecular complexity index is 1140. The zero-order valence-electron chi connectivity index (χ0n) is 21.9. The van der Waals surface area contributed by atoms with E-state index in [1.54, 1.807) is 4.90 Å². The van der Waals surface area contributed by atoms with E-state index in [0.717, 1.165) is 18.9 Å². The van der Waals surface area contributed by atoms with Gasteiger partial charge in [-0.1, -0.05) is 6.92 Å². The van der Waals surface area contributed by atoms with Gasteiger partial charge in [-0.15, -0.1) is 0 Å². The summed E-state index contributed by atoms with van der Waals surface area (Å²) in [6.07, 6.45) is -1.63. The van der Waals surface area contributed by atoms with Gasteiger partial charge in [-0.25, -0.2) is 9.97 Å². The van der Waals surface area contributed by atoms with Gasteiger partial charge in [0.05, 0.1) is 17.4 Å². The largest absolute Gasteiger partial charge is 0.418 e. The smallest absolute Gasteiger partial charge is 0.393 e. The Morgan fingerprint density at radius 1 is 1.13 bits per heavy atom. The van der Waals surface area contributed by atoms with Crippen LogP contribution in [0.5, 0.6) is 0 Å². The molecule has 2 aliphatic rings. The maximum absolute atomic E-state index is 14.2. The van der Waals surface area contributed by atoms with Crippen LogP contribution in [0.1, 0.15) is 68.2 Å². The molecule has 1 aromatic heterocycles. The molecule has 0 spiro atoms. The third kappa shape index (κ3) is 6.47. The summed E-state index contributed by atoms with van der Waals surface area (Å²) in [6.45, 7) is 6.64. The summed E-state index contributed by atoms with van der Waals surface area (Å²) in [6, 6.07) is 4.16. The molecule has 1 saturated carbocycles. The lowest BCUT2D eigenvalue weighted by atomic mass is 9.93. The fourth-order valence-corrected chi connectivity index (χ4v) is 5.28. The van der Waals surface area contributed by atoms with E-state index in [2.05, 4.69) is 25.9 Å². The van der Waals surface area contributed by atoms with E-state index in [1.165, 1.54) is 12.1 Å². The number of anilines is 4. The minimum atomic E-state index is -4.59. The molecule has 1 amide bonds. The summed E-state index contributed by atoms with van der Waals surface area (Å²) in [5.74, 6) is -0.408. The Morgan fingerprint density at radius 3 is 2.37 bits per heavy atom. The number of benzene rings is 1. The van der Waals surface area contributed by atoms with E-state index in [1.807, 2.05) is 20.8 Å². The molecule has 1 aliphatic carbocycles. The second kappa shape index (κ2) is 11.3. The van der Waals surface area contributed by atoms with Crippen LogP contribution in [-0.2, 0) is 12.6 Å². The number of alkyl halides is 3. The molecule has 2 atom stereocenters. The molecule has 0 radical (unpaired) electrons. The number of primary amides is 1. The zero-order valence-corrected chi connectivity index (χ0v) is 21.9. The second-order valence-electron chi connectivity index (χ2n) is 10.3. The molecule has 12 heteroatoms. The lowest BCUT2D eigenvalue weighted by Crippen LogP contribution is -2.54. The fraction of sp³-hybridized carbons (Fsp3) is 0.577. The Kier molecular flexibility index (Phi) is 8.31. The normalized spacial score (nSPS) is 24.2. The van der Waals surface area contributed by atoms with Crippen LogP contribution in [0.25, 0.3) is 0 Å². The van der Waals surface area contributed by atoms with Crippen molar-refractivity contribution < 1.29 is 23.1 Å². The number of aromatic nitrogens is 2. The lowest BCUT2D eigenvalue weighted by Gasteiger charge is -2.38. The van der Waals surface area contributed by atoms with Crippen LogP contribution in [-0.4, -0.2) is 58.3 Å². The van der Waals surface area contributed by atoms with E-state index in [0.29, 0.717) is 43.9 Å². The molecule has 9 nitrogen and oxygen atoms in total. The molecule has 2 fully saturated rings. The molecule has 1 saturated heterocycles. The third-order valence-electron chi connectivity index (χ3n) is 7.04. The van der Waals surface area contributed by atoms with E-state index in [9.17, 15) is 23.1 Å². The number of nitrogens with two attached hydrogens (primary N) is 1. The Labute approximate surface area is 220 Å². The van der Waals surface area contributed by atoms with Crippen molar-refractivity contribution in [3.63, 3.8) is 0 Å². The van der Waals surface area contributed by atoms with Gasteiger partial charge >= 0.3 is 6.18 Å². The molecule has 1 aromatic carbocycles. The summed E-state index contributed by atoms with van der Waals surface area (Å²) in [5, 5.41) is 19.3. The van der Waals surface area contributed by atoms with Crippen LogP contribution in [0.3, 0.4) is 0 Å². The SMILES string of the molecule is CCc1nc(C(N)=O)c(Nc2ccc(N3C[C@@H](C)N[C@@H](C)C3)c(C(F)(F)F)c2)nc1N[C@H]1CC[C@H](O)CC1. The van der Waals surface area contributed by atoms with Gasteiger partial charge in [-0.05, 0) is 64.2 Å². The van der Waals surface area contributed by atoms with Crippen molar-refractivity contribution in [2.75, 3.05) is 28.6 Å². The average molecular weight is 536 g/mol. The highest BCUT2D eigenvalue weighted by Crippen LogP contribution is 2.39. The number of hydrogen-bond acceptors (Lipinski definition) is 8. The van der Waals surface area contributed by atoms with E-state index in [-0.39, 0.29) is 47.1 Å². The number of nitrogens with zero attached hydrogens (tertiary/aromatic N) is 3. The quantitative estimate of drug-likeness (QED) is 0.362. The van der Waals surface area contributed by atoms with Gasteiger partial charge in [-0.2, -0.15) is 13.2 Å². The monoisotopic (exact) mass is 535 g/mol. The number of carbonyl (C=O) groups is 1. The number of piperazine rings is 1. The van der Waals surface area contributed by atoms with Crippen molar-refractivity contribution in [1.29, 1.82) is 0 Å². The van der Waals surface area contributed by atoms with Crippen LogP contribution in [0.2, 0.25) is 0 Å². The molecular weight excluding hydrogens is 499 g/mol. The molecule has 6 N–H and O–H groups in total. The average Bonchev–Trinajstić information content (AvgIpc) is 2.84. The molecular formula is C26H36F3N7O2. The number of hydrogen-bond donors (Lipinski definition) is 5. The molecule has 1 aliphatic heterocycles. The number of aryl methyl sites for hydroxylation is 1. The summed E-state index contributed by atoms with van der Waals surface area (Å²) in [7, 11) is 0. The van der Waals surface area contributed by atoms with E-state index >= 15 is 0 Å². The summed E-state index contributed by atoms with van der Waals surface area (Å²) >= 11 is 0. The van der Waals surface area contributed by atoms with Gasteiger partial charge in [0.15, 0.2) is 11.5 Å². The molecule has 2 heterocycles. The molecule has 4 rings (SSSR count). The predicted octanol–water partition coefficient (Wildman–Crippen LogP) is 3.80. The van der Waals surface area contributed by atoms with Gasteiger partial charge in [0.1, 0.15) is 5.82 Å². The minimum absolute atomic E-state index is 0.0154. The van der Waals surface area contributed by atoms with Crippen LogP contribution >= 0.6 is 0 Å². The first-order valence-electron chi connectivity index (χ1n) is 13.1. The van der Waals surface area contributed by atoms with Crippen molar-refractivity contribution in [1.82, 2.24) is 15.3 Å². The Hall–Kier alpha value is -3.12. The first-order chi connectivity index (χ1) is 17.9. The molecule has 38 heavy (non-hydrogen) atoms. The molecule has 2 aromatic rings. The van der Waals surface area contributed by atoms with Crippen molar-refractivity contribution in [2.24, 2.45) is 5.73 Å². The Morgan fingerprint density at radius 2 is 1.79 bits per heavy atom. The highest BCUT2D eigenvalue weighted by Gasteiger charge is 2.36. The number of rotatable bonds is 7. The first-order valence-corrected chi connectivity index (χ1v) is 13.1. The highest BCUT2D eigenvalue weighted by atomic mass is 19.4. The van der Waals surface area contributed by atoms with Gasteiger partial charge in [-0.3, -0.25) is 4.79 Å². The van der Waals surface area contributed by atoms with Crippen LogP contribution in [0.4, 0.5) is 36.2 Å². The van der Waals surface area contributed by atoms with Crippen LogP contribution in [0.15, 0.2) is 18.2 Å². The van der Waals surface area contributed by atoms with Crippen molar-refractivity contribution >= 4 is 28.9 Å². The summed E-state index contributed by atoms with van der Waals surface area (Å²) in [4.78, 5) is 22.9. The van der Waals surface area contributed by atoms with Gasteiger partial charge < -0.3 is 31.7 Å². The topological polar surface area (TPSA) is 128 Å². The summed E-state index contributed by atoms with van der Waals surface area (Å²) < 4.78 is 42.5. The van der Waals surface area contributed by atoms with Gasteiger partial charge in [0, 0.05) is 42.6 Å². The number of halogens is 3. The lowest BCUT2D eigenvalue weighted by molar-refractivity contribution is -0.137. The number of aliphatic hydroxyl groups is 1. The molecule has 208 valence electrons. The van der Waals surface area contributed by atoms with E-state index < -0.39 is 17.6 Å². The maximum Gasteiger partial charge on any atom is 0.418 e. The van der Waals surface area contributed by atoms with Gasteiger partial charge in [0.25, 0.3) is 5.91 Å². The fourth-order valence-electron chi connectivity index (χ4n) is 5.28. The van der Waals surface area contributed by atoms with Crippen LogP contribution in [0, 0.1) is 0 Å². The van der Waals surface area contributed by atoms with Crippen molar-refractivity contribution in [3.8, 4) is 0 Å². The number of carbonyl (C=O) groups excluding carboxylic acids is 1. The maximum atomic E-state index is 14.2. The minimum Gasteiger partial charge on any atom is -0.393 e.